The molecule has 1 N–H and O–H groups in total. The molecule has 0 spiro atoms. The molecule has 0 radical (unpaired) electrons. The van der Waals surface area contributed by atoms with Crippen molar-refractivity contribution >= 4 is 11.8 Å². The Morgan fingerprint density at radius 2 is 1.66 bits per heavy atom. The van der Waals surface area contributed by atoms with Crippen molar-refractivity contribution in [2.45, 2.75) is 19.5 Å². The van der Waals surface area contributed by atoms with Crippen LogP contribution in [-0.4, -0.2) is 28.2 Å². The lowest BCUT2D eigenvalue weighted by atomic mass is 10.00. The lowest BCUT2D eigenvalue weighted by Crippen LogP contribution is -2.36. The molecule has 4 rings (SSSR count). The van der Waals surface area contributed by atoms with Gasteiger partial charge in [-0.15, -0.1) is 0 Å². The van der Waals surface area contributed by atoms with Gasteiger partial charge in [0.25, 0.3) is 11.8 Å². The highest BCUT2D eigenvalue weighted by molar-refractivity contribution is 5.96. The van der Waals surface area contributed by atoms with Gasteiger partial charge in [-0.05, 0) is 47.4 Å². The van der Waals surface area contributed by atoms with Crippen molar-refractivity contribution in [1.82, 2.24) is 15.2 Å². The van der Waals surface area contributed by atoms with E-state index >= 15 is 0 Å². The highest BCUT2D eigenvalue weighted by atomic mass is 19.1. The molecule has 0 saturated heterocycles. The predicted molar refractivity (Wildman–Crippen MR) is 107 cm³/mol. The molecule has 1 aliphatic rings. The maximum Gasteiger partial charge on any atom is 0.272 e. The Morgan fingerprint density at radius 3 is 2.45 bits per heavy atom. The molecule has 1 aliphatic heterocycles. The van der Waals surface area contributed by atoms with E-state index in [1.165, 1.54) is 17.7 Å². The number of hydrogen-bond donors (Lipinski definition) is 1. The third-order valence-corrected chi connectivity index (χ3v) is 4.99. The first-order chi connectivity index (χ1) is 14.1. The summed E-state index contributed by atoms with van der Waals surface area (Å²) < 4.78 is 13.0. The Kier molecular flexibility index (Phi) is 5.33. The van der Waals surface area contributed by atoms with Crippen LogP contribution in [0.5, 0.6) is 0 Å². The van der Waals surface area contributed by atoms with Gasteiger partial charge in [-0.1, -0.05) is 42.5 Å². The van der Waals surface area contributed by atoms with Crippen LogP contribution in [0.25, 0.3) is 0 Å². The fourth-order valence-electron chi connectivity index (χ4n) is 3.39. The average molecular weight is 389 g/mol. The first kappa shape index (κ1) is 18.8. The van der Waals surface area contributed by atoms with Crippen LogP contribution in [0.4, 0.5) is 4.39 Å². The molecule has 0 saturated carbocycles. The van der Waals surface area contributed by atoms with E-state index in [0.717, 1.165) is 17.5 Å². The molecule has 6 heteroatoms. The van der Waals surface area contributed by atoms with Crippen molar-refractivity contribution < 1.29 is 14.0 Å². The molecule has 0 atom stereocenters. The lowest BCUT2D eigenvalue weighted by Gasteiger charge is -2.28. The summed E-state index contributed by atoms with van der Waals surface area (Å²) in [5, 5.41) is 2.74. The molecular weight excluding hydrogens is 369 g/mol. The SMILES string of the molecule is O=C(NCc1ccc(F)cc1)c1cccc(C(=O)N2CCc3ccccc3C2)n1. The van der Waals surface area contributed by atoms with Crippen LogP contribution >= 0.6 is 0 Å². The van der Waals surface area contributed by atoms with Crippen molar-refractivity contribution in [2.24, 2.45) is 0 Å². The quantitative estimate of drug-likeness (QED) is 0.744. The van der Waals surface area contributed by atoms with Crippen LogP contribution in [-0.2, 0) is 19.5 Å². The number of aromatic nitrogens is 1. The second-order valence-corrected chi connectivity index (χ2v) is 6.96. The Morgan fingerprint density at radius 1 is 0.931 bits per heavy atom. The van der Waals surface area contributed by atoms with Crippen LogP contribution in [0.2, 0.25) is 0 Å². The highest BCUT2D eigenvalue weighted by Crippen LogP contribution is 2.20. The molecule has 2 aromatic carbocycles. The molecule has 2 amide bonds. The summed E-state index contributed by atoms with van der Waals surface area (Å²) in [6.45, 7) is 1.41. The molecule has 0 aliphatic carbocycles. The summed E-state index contributed by atoms with van der Waals surface area (Å²) in [5.74, 6) is -0.894. The fourth-order valence-corrected chi connectivity index (χ4v) is 3.39. The van der Waals surface area contributed by atoms with Gasteiger partial charge in [0.15, 0.2) is 0 Å². The standard InChI is InChI=1S/C23H20FN3O2/c24-19-10-8-16(9-11-19)14-25-22(28)20-6-3-7-21(26-20)23(29)27-13-12-17-4-1-2-5-18(17)15-27/h1-11H,12-15H2,(H,25,28). The number of carbonyl (C=O) groups excluding carboxylic acids is 2. The monoisotopic (exact) mass is 389 g/mol. The topological polar surface area (TPSA) is 62.3 Å². The summed E-state index contributed by atoms with van der Waals surface area (Å²) in [6, 6.07) is 18.8. The summed E-state index contributed by atoms with van der Waals surface area (Å²) in [7, 11) is 0. The van der Waals surface area contributed by atoms with Crippen LogP contribution < -0.4 is 5.32 Å². The van der Waals surface area contributed by atoms with Crippen LogP contribution in [0.15, 0.2) is 66.7 Å². The van der Waals surface area contributed by atoms with Gasteiger partial charge in [0.1, 0.15) is 17.2 Å². The fraction of sp³-hybridized carbons (Fsp3) is 0.174. The minimum Gasteiger partial charge on any atom is -0.347 e. The number of pyridine rings is 1. The molecule has 29 heavy (non-hydrogen) atoms. The number of hydrogen-bond acceptors (Lipinski definition) is 3. The first-order valence-electron chi connectivity index (χ1n) is 9.46. The molecule has 0 unspecified atom stereocenters. The highest BCUT2D eigenvalue weighted by Gasteiger charge is 2.23. The van der Waals surface area contributed by atoms with Gasteiger partial charge in [-0.3, -0.25) is 9.59 Å². The Bertz CT molecular complexity index is 1050. The first-order valence-corrected chi connectivity index (χ1v) is 9.46. The summed E-state index contributed by atoms with van der Waals surface area (Å²) in [5.41, 5.74) is 3.60. The van der Waals surface area contributed by atoms with Gasteiger partial charge >= 0.3 is 0 Å². The van der Waals surface area contributed by atoms with E-state index in [2.05, 4.69) is 16.4 Å². The average Bonchev–Trinajstić information content (AvgIpc) is 2.77. The third kappa shape index (κ3) is 4.32. The van der Waals surface area contributed by atoms with Crippen LogP contribution in [0.3, 0.4) is 0 Å². The van der Waals surface area contributed by atoms with Gasteiger partial charge in [-0.2, -0.15) is 0 Å². The number of halogens is 1. The minimum atomic E-state index is -0.382. The Labute approximate surface area is 168 Å². The number of carbonyl (C=O) groups is 2. The van der Waals surface area contributed by atoms with Crippen molar-refractivity contribution in [3.8, 4) is 0 Å². The molecule has 0 fully saturated rings. The van der Waals surface area contributed by atoms with E-state index in [0.29, 0.717) is 13.1 Å². The Hall–Kier alpha value is -3.54. The second kappa shape index (κ2) is 8.22. The van der Waals surface area contributed by atoms with Gasteiger partial charge in [0, 0.05) is 19.6 Å². The van der Waals surface area contributed by atoms with E-state index < -0.39 is 0 Å². The summed E-state index contributed by atoms with van der Waals surface area (Å²) >= 11 is 0. The summed E-state index contributed by atoms with van der Waals surface area (Å²) in [6.07, 6.45) is 0.805. The lowest BCUT2D eigenvalue weighted by molar-refractivity contribution is 0.0728. The van der Waals surface area contributed by atoms with Gasteiger partial charge in [0.05, 0.1) is 0 Å². The number of nitrogens with one attached hydrogen (secondary N) is 1. The third-order valence-electron chi connectivity index (χ3n) is 4.99. The van der Waals surface area contributed by atoms with E-state index in [9.17, 15) is 14.0 Å². The maximum absolute atomic E-state index is 13.0. The van der Waals surface area contributed by atoms with Gasteiger partial charge in [-0.25, -0.2) is 9.37 Å². The molecule has 3 aromatic rings. The number of amides is 2. The van der Waals surface area contributed by atoms with Crippen molar-refractivity contribution in [3.05, 3.63) is 101 Å². The summed E-state index contributed by atoms with van der Waals surface area (Å²) in [4.78, 5) is 31.3. The van der Waals surface area contributed by atoms with Crippen LogP contribution in [0.1, 0.15) is 37.7 Å². The van der Waals surface area contributed by atoms with E-state index in [-0.39, 0.29) is 35.6 Å². The molecule has 5 nitrogen and oxygen atoms in total. The van der Waals surface area contributed by atoms with Crippen LogP contribution in [0, 0.1) is 5.82 Å². The minimum absolute atomic E-state index is 0.176. The van der Waals surface area contributed by atoms with Gasteiger partial charge < -0.3 is 10.2 Å². The zero-order valence-electron chi connectivity index (χ0n) is 15.8. The van der Waals surface area contributed by atoms with E-state index in [1.54, 1.807) is 35.2 Å². The zero-order valence-corrected chi connectivity index (χ0v) is 15.8. The van der Waals surface area contributed by atoms with Crippen molar-refractivity contribution in [1.29, 1.82) is 0 Å². The second-order valence-electron chi connectivity index (χ2n) is 6.96. The number of rotatable bonds is 4. The van der Waals surface area contributed by atoms with E-state index in [1.807, 2.05) is 18.2 Å². The predicted octanol–water partition coefficient (Wildman–Crippen LogP) is 3.35. The normalized spacial score (nSPS) is 12.9. The number of benzene rings is 2. The molecular formula is C23H20FN3O2. The largest absolute Gasteiger partial charge is 0.347 e. The smallest absolute Gasteiger partial charge is 0.272 e. The molecule has 1 aromatic heterocycles. The number of nitrogens with zero attached hydrogens (tertiary/aromatic N) is 2. The van der Waals surface area contributed by atoms with Gasteiger partial charge in [0.2, 0.25) is 0 Å². The molecule has 2 heterocycles. The Balaban J connectivity index is 1.43. The maximum atomic E-state index is 13.0. The van der Waals surface area contributed by atoms with E-state index in [4.69, 9.17) is 0 Å². The van der Waals surface area contributed by atoms with Crippen molar-refractivity contribution in [3.63, 3.8) is 0 Å². The number of fused-ring (bicyclic) bond motifs is 1. The zero-order chi connectivity index (χ0) is 20.2. The van der Waals surface area contributed by atoms with Crippen molar-refractivity contribution in [2.75, 3.05) is 6.54 Å². The molecule has 0 bridgehead atoms. The molecule has 146 valence electrons.